The molecule has 1 saturated heterocycles. The van der Waals surface area contributed by atoms with Gasteiger partial charge in [0.2, 0.25) is 5.60 Å². The Morgan fingerprint density at radius 2 is 2.08 bits per heavy atom. The van der Waals surface area contributed by atoms with Gasteiger partial charge in [-0.3, -0.25) is 4.79 Å². The number of carboxylic acids is 1. The first-order valence-corrected chi connectivity index (χ1v) is 7.88. The van der Waals surface area contributed by atoms with Crippen molar-refractivity contribution in [1.29, 1.82) is 0 Å². The number of hydrogen-bond donors (Lipinski definition) is 2. The Kier molecular flexibility index (Phi) is 4.43. The number of nitrogens with zero attached hydrogens (tertiary/aromatic N) is 2. The maximum Gasteiger partial charge on any atom is 0.348 e. The molecule has 0 atom stereocenters. The predicted molar refractivity (Wildman–Crippen MR) is 85.9 cm³/mol. The van der Waals surface area contributed by atoms with Crippen molar-refractivity contribution in [2.45, 2.75) is 25.4 Å². The van der Waals surface area contributed by atoms with Gasteiger partial charge in [0.05, 0.1) is 6.33 Å². The summed E-state index contributed by atoms with van der Waals surface area (Å²) in [5, 5.41) is 9.63. The average Bonchev–Trinajstić information content (AvgIpc) is 3.01. The summed E-state index contributed by atoms with van der Waals surface area (Å²) in [6.45, 7) is 2.18. The van der Waals surface area contributed by atoms with E-state index in [-0.39, 0.29) is 37.6 Å². The summed E-state index contributed by atoms with van der Waals surface area (Å²) in [5.74, 6) is -1.71. The number of ether oxygens (including phenoxy) is 1. The largest absolute Gasteiger partial charge is 0.478 e. The van der Waals surface area contributed by atoms with E-state index in [2.05, 4.69) is 9.97 Å². The summed E-state index contributed by atoms with van der Waals surface area (Å²) < 4.78 is 18.9. The highest BCUT2D eigenvalue weighted by molar-refractivity contribution is 5.93. The van der Waals surface area contributed by atoms with Crippen LogP contribution in [0.1, 0.15) is 29.0 Å². The first kappa shape index (κ1) is 16.9. The number of nitrogens with one attached hydrogen (secondary N) is 1. The van der Waals surface area contributed by atoms with E-state index >= 15 is 0 Å². The van der Waals surface area contributed by atoms with Crippen LogP contribution in [0, 0.1) is 12.7 Å². The van der Waals surface area contributed by atoms with Crippen LogP contribution in [-0.4, -0.2) is 50.5 Å². The normalized spacial score (nSPS) is 16.5. The molecule has 2 aromatic rings. The second-order valence-electron chi connectivity index (χ2n) is 6.03. The van der Waals surface area contributed by atoms with Gasteiger partial charge in [-0.2, -0.15) is 0 Å². The number of aromatic nitrogens is 2. The Balaban J connectivity index is 1.73. The number of likely N-dealkylation sites (tertiary alicyclic amines) is 1. The van der Waals surface area contributed by atoms with E-state index in [1.54, 1.807) is 11.8 Å². The molecule has 132 valence electrons. The number of aliphatic carboxylic acids is 1. The number of piperidine rings is 1. The van der Waals surface area contributed by atoms with Gasteiger partial charge in [0.15, 0.2) is 0 Å². The number of H-pyrrole nitrogens is 1. The smallest absolute Gasteiger partial charge is 0.348 e. The summed E-state index contributed by atoms with van der Waals surface area (Å²) in [5.41, 5.74) is -0.490. The fourth-order valence-electron chi connectivity index (χ4n) is 2.91. The van der Waals surface area contributed by atoms with Crippen LogP contribution >= 0.6 is 0 Å². The molecule has 0 unspecified atom stereocenters. The first-order chi connectivity index (χ1) is 11.9. The number of rotatable bonds is 4. The van der Waals surface area contributed by atoms with Crippen molar-refractivity contribution in [3.05, 3.63) is 47.8 Å². The van der Waals surface area contributed by atoms with Crippen LogP contribution in [0.4, 0.5) is 4.39 Å². The summed E-state index contributed by atoms with van der Waals surface area (Å²) in [4.78, 5) is 32.7. The van der Waals surface area contributed by atoms with Crippen molar-refractivity contribution in [3.8, 4) is 5.75 Å². The van der Waals surface area contributed by atoms with E-state index in [0.29, 0.717) is 11.4 Å². The van der Waals surface area contributed by atoms with Crippen molar-refractivity contribution in [1.82, 2.24) is 14.9 Å². The zero-order valence-electron chi connectivity index (χ0n) is 13.7. The third kappa shape index (κ3) is 3.33. The molecular weight excluding hydrogens is 329 g/mol. The lowest BCUT2D eigenvalue weighted by molar-refractivity contribution is -0.159. The second-order valence-corrected chi connectivity index (χ2v) is 6.03. The molecule has 7 nitrogen and oxygen atoms in total. The van der Waals surface area contributed by atoms with E-state index in [4.69, 9.17) is 4.74 Å². The number of benzene rings is 1. The van der Waals surface area contributed by atoms with Crippen molar-refractivity contribution in [2.75, 3.05) is 13.1 Å². The summed E-state index contributed by atoms with van der Waals surface area (Å²) >= 11 is 0. The zero-order valence-corrected chi connectivity index (χ0v) is 13.7. The standard InChI is InChI=1S/C17H18FN3O4/c1-11-14(20-10-19-11)15(22)21-7-5-17(6-8-21,16(23)24)25-13-4-2-3-12(18)9-13/h2-4,9-10H,5-8H2,1H3,(H,19,20)(H,23,24). The molecule has 0 saturated carbocycles. The summed E-state index contributed by atoms with van der Waals surface area (Å²) in [7, 11) is 0. The number of aromatic amines is 1. The maximum absolute atomic E-state index is 13.3. The summed E-state index contributed by atoms with van der Waals surface area (Å²) in [6.07, 6.45) is 1.66. The van der Waals surface area contributed by atoms with E-state index in [9.17, 15) is 19.1 Å². The highest BCUT2D eigenvalue weighted by Crippen LogP contribution is 2.30. The van der Waals surface area contributed by atoms with Crippen molar-refractivity contribution in [3.63, 3.8) is 0 Å². The molecular formula is C17H18FN3O4. The van der Waals surface area contributed by atoms with Crippen molar-refractivity contribution in [2.24, 2.45) is 0 Å². The van der Waals surface area contributed by atoms with Gasteiger partial charge in [-0.1, -0.05) is 6.07 Å². The number of hydrogen-bond acceptors (Lipinski definition) is 4. The lowest BCUT2D eigenvalue weighted by Crippen LogP contribution is -2.54. The number of carbonyl (C=O) groups excluding carboxylic acids is 1. The molecule has 25 heavy (non-hydrogen) atoms. The molecule has 2 heterocycles. The molecule has 2 N–H and O–H groups in total. The van der Waals surface area contributed by atoms with E-state index in [1.807, 2.05) is 0 Å². The van der Waals surface area contributed by atoms with Gasteiger partial charge >= 0.3 is 5.97 Å². The van der Waals surface area contributed by atoms with Gasteiger partial charge < -0.3 is 19.7 Å². The number of amides is 1. The lowest BCUT2D eigenvalue weighted by Gasteiger charge is -2.38. The quantitative estimate of drug-likeness (QED) is 0.882. The molecule has 3 rings (SSSR count). The third-order valence-corrected chi connectivity index (χ3v) is 4.39. The molecule has 0 aliphatic carbocycles. The van der Waals surface area contributed by atoms with Crippen LogP contribution in [-0.2, 0) is 4.79 Å². The fraction of sp³-hybridized carbons (Fsp3) is 0.353. The fourth-order valence-corrected chi connectivity index (χ4v) is 2.91. The molecule has 1 fully saturated rings. The molecule has 0 bridgehead atoms. The Morgan fingerprint density at radius 3 is 2.64 bits per heavy atom. The van der Waals surface area contributed by atoms with Crippen LogP contribution in [0.5, 0.6) is 5.75 Å². The Bertz CT molecular complexity index is 797. The average molecular weight is 347 g/mol. The third-order valence-electron chi connectivity index (χ3n) is 4.39. The van der Waals surface area contributed by atoms with Gasteiger partial charge in [-0.25, -0.2) is 14.2 Å². The topological polar surface area (TPSA) is 95.5 Å². The lowest BCUT2D eigenvalue weighted by atomic mass is 9.90. The Labute approximate surface area is 143 Å². The molecule has 1 aromatic heterocycles. The number of carbonyl (C=O) groups is 2. The maximum atomic E-state index is 13.3. The minimum absolute atomic E-state index is 0.105. The number of carboxylic acid groups (broad SMARTS) is 1. The molecule has 8 heteroatoms. The highest BCUT2D eigenvalue weighted by atomic mass is 19.1. The van der Waals surface area contributed by atoms with Crippen molar-refractivity contribution >= 4 is 11.9 Å². The van der Waals surface area contributed by atoms with E-state index < -0.39 is 17.4 Å². The van der Waals surface area contributed by atoms with Crippen molar-refractivity contribution < 1.29 is 23.8 Å². The van der Waals surface area contributed by atoms with Crippen LogP contribution < -0.4 is 4.74 Å². The molecule has 1 aromatic carbocycles. The van der Waals surface area contributed by atoms with Gasteiger partial charge in [0.25, 0.3) is 5.91 Å². The minimum Gasteiger partial charge on any atom is -0.478 e. The van der Waals surface area contributed by atoms with Gasteiger partial charge in [0.1, 0.15) is 17.3 Å². The Morgan fingerprint density at radius 1 is 1.36 bits per heavy atom. The van der Waals surface area contributed by atoms with Gasteiger partial charge in [-0.15, -0.1) is 0 Å². The predicted octanol–water partition coefficient (Wildman–Crippen LogP) is 2.00. The molecule has 0 spiro atoms. The molecule has 1 aliphatic heterocycles. The monoisotopic (exact) mass is 347 g/mol. The second kappa shape index (κ2) is 6.54. The summed E-state index contributed by atoms with van der Waals surface area (Å²) in [6, 6.07) is 5.38. The van der Waals surface area contributed by atoms with Crippen LogP contribution in [0.3, 0.4) is 0 Å². The molecule has 1 amide bonds. The van der Waals surface area contributed by atoms with E-state index in [0.717, 1.165) is 6.07 Å². The SMILES string of the molecule is Cc1[nH]cnc1C(=O)N1CCC(Oc2cccc(F)c2)(C(=O)O)CC1. The van der Waals surface area contributed by atoms with Crippen LogP contribution in [0.15, 0.2) is 30.6 Å². The van der Waals surface area contributed by atoms with E-state index in [1.165, 1.54) is 24.5 Å². The minimum atomic E-state index is -1.48. The highest BCUT2D eigenvalue weighted by Gasteiger charge is 2.45. The molecule has 1 aliphatic rings. The van der Waals surface area contributed by atoms with Gasteiger partial charge in [0, 0.05) is 37.7 Å². The number of halogens is 1. The molecule has 0 radical (unpaired) electrons. The van der Waals surface area contributed by atoms with Crippen LogP contribution in [0.2, 0.25) is 0 Å². The first-order valence-electron chi connectivity index (χ1n) is 7.88. The van der Waals surface area contributed by atoms with Crippen LogP contribution in [0.25, 0.3) is 0 Å². The number of imidazole rings is 1. The zero-order chi connectivity index (χ0) is 18.0. The number of aryl methyl sites for hydroxylation is 1. The Hall–Kier alpha value is -2.90. The van der Waals surface area contributed by atoms with Gasteiger partial charge in [-0.05, 0) is 19.1 Å².